The molecule has 0 saturated carbocycles. The minimum atomic E-state index is 0.0752. The predicted octanol–water partition coefficient (Wildman–Crippen LogP) is 3.30. The summed E-state index contributed by atoms with van der Waals surface area (Å²) in [5, 5.41) is 0.921. The minimum absolute atomic E-state index is 0.0752. The molecule has 0 radical (unpaired) electrons. The molecule has 1 amide bonds. The van der Waals surface area contributed by atoms with E-state index in [0.717, 1.165) is 40.5 Å². The molecule has 0 bridgehead atoms. The van der Waals surface area contributed by atoms with Gasteiger partial charge in [-0.25, -0.2) is 4.98 Å². The van der Waals surface area contributed by atoms with Crippen molar-refractivity contribution in [3.63, 3.8) is 0 Å². The number of thiazole rings is 1. The summed E-state index contributed by atoms with van der Waals surface area (Å²) in [5.74, 6) is 0.0752. The van der Waals surface area contributed by atoms with Crippen LogP contribution in [-0.2, 0) is 0 Å². The van der Waals surface area contributed by atoms with Crippen LogP contribution in [0.2, 0.25) is 0 Å². The molecule has 3 rings (SSSR count). The molecule has 0 aliphatic carbocycles. The van der Waals surface area contributed by atoms with Crippen molar-refractivity contribution in [3.8, 4) is 10.6 Å². The van der Waals surface area contributed by atoms with E-state index in [-0.39, 0.29) is 11.9 Å². The van der Waals surface area contributed by atoms with Gasteiger partial charge in [0.15, 0.2) is 0 Å². The van der Waals surface area contributed by atoms with Gasteiger partial charge in [-0.05, 0) is 39.2 Å². The maximum Gasteiger partial charge on any atom is 0.265 e. The number of hydrogen-bond donors (Lipinski definition) is 1. The smallest absolute Gasteiger partial charge is 0.265 e. The van der Waals surface area contributed by atoms with Gasteiger partial charge < -0.3 is 10.6 Å². The number of benzene rings is 1. The van der Waals surface area contributed by atoms with Crippen molar-refractivity contribution in [3.05, 3.63) is 39.9 Å². The van der Waals surface area contributed by atoms with Gasteiger partial charge in [0.05, 0.1) is 5.69 Å². The first-order valence-corrected chi connectivity index (χ1v) is 8.87. The van der Waals surface area contributed by atoms with Crippen molar-refractivity contribution < 1.29 is 4.79 Å². The normalized spacial score (nSPS) is 18.3. The number of carbonyl (C=O) groups excluding carboxylic acids is 1. The van der Waals surface area contributed by atoms with Gasteiger partial charge in [0, 0.05) is 24.7 Å². The van der Waals surface area contributed by atoms with Crippen LogP contribution < -0.4 is 5.73 Å². The molecule has 1 aromatic carbocycles. The van der Waals surface area contributed by atoms with Crippen LogP contribution in [-0.4, -0.2) is 34.9 Å². The Labute approximate surface area is 141 Å². The van der Waals surface area contributed by atoms with Crippen LogP contribution in [0.15, 0.2) is 18.2 Å². The molecule has 0 unspecified atom stereocenters. The summed E-state index contributed by atoms with van der Waals surface area (Å²) >= 11 is 1.49. The molecule has 23 heavy (non-hydrogen) atoms. The second kappa shape index (κ2) is 6.42. The molecular formula is C18H23N3OS. The first kappa shape index (κ1) is 16.1. The van der Waals surface area contributed by atoms with Gasteiger partial charge in [0.25, 0.3) is 5.91 Å². The van der Waals surface area contributed by atoms with E-state index in [1.165, 1.54) is 22.5 Å². The van der Waals surface area contributed by atoms with Crippen LogP contribution in [0, 0.1) is 20.8 Å². The van der Waals surface area contributed by atoms with Crippen molar-refractivity contribution in [1.82, 2.24) is 9.88 Å². The largest absolute Gasteiger partial charge is 0.336 e. The van der Waals surface area contributed by atoms with Gasteiger partial charge in [0.2, 0.25) is 0 Å². The fourth-order valence-electron chi connectivity index (χ4n) is 3.10. The summed E-state index contributed by atoms with van der Waals surface area (Å²) in [6.07, 6.45) is 1.98. The van der Waals surface area contributed by atoms with Crippen LogP contribution in [0.5, 0.6) is 0 Å². The van der Waals surface area contributed by atoms with E-state index < -0.39 is 0 Å². The van der Waals surface area contributed by atoms with Crippen molar-refractivity contribution in [2.75, 3.05) is 13.1 Å². The summed E-state index contributed by atoms with van der Waals surface area (Å²) < 4.78 is 0. The van der Waals surface area contributed by atoms with Gasteiger partial charge in [-0.1, -0.05) is 23.8 Å². The van der Waals surface area contributed by atoms with E-state index >= 15 is 0 Å². The number of hydrogen-bond acceptors (Lipinski definition) is 4. The second-order valence-electron chi connectivity index (χ2n) is 6.41. The number of likely N-dealkylation sites (tertiary alicyclic amines) is 1. The number of nitrogens with two attached hydrogens (primary N) is 1. The molecule has 1 fully saturated rings. The zero-order chi connectivity index (χ0) is 16.6. The topological polar surface area (TPSA) is 59.2 Å². The fourth-order valence-corrected chi connectivity index (χ4v) is 4.23. The van der Waals surface area contributed by atoms with Crippen LogP contribution in [0.4, 0.5) is 0 Å². The minimum Gasteiger partial charge on any atom is -0.336 e. The lowest BCUT2D eigenvalue weighted by Crippen LogP contribution is -2.45. The highest BCUT2D eigenvalue weighted by atomic mass is 32.1. The summed E-state index contributed by atoms with van der Waals surface area (Å²) in [4.78, 5) is 20.1. The third-order valence-corrected chi connectivity index (χ3v) is 5.53. The zero-order valence-corrected chi connectivity index (χ0v) is 14.7. The monoisotopic (exact) mass is 329 g/mol. The Balaban J connectivity index is 1.90. The van der Waals surface area contributed by atoms with Gasteiger partial charge in [0.1, 0.15) is 9.88 Å². The molecule has 2 heterocycles. The van der Waals surface area contributed by atoms with Gasteiger partial charge >= 0.3 is 0 Å². The van der Waals surface area contributed by atoms with Gasteiger partial charge in [-0.2, -0.15) is 0 Å². The van der Waals surface area contributed by atoms with Crippen LogP contribution in [0.25, 0.3) is 10.6 Å². The molecule has 1 aliphatic heterocycles. The quantitative estimate of drug-likeness (QED) is 0.919. The molecule has 2 N–H and O–H groups in total. The Morgan fingerprint density at radius 2 is 2.13 bits per heavy atom. The highest BCUT2D eigenvalue weighted by Gasteiger charge is 2.26. The highest BCUT2D eigenvalue weighted by Crippen LogP contribution is 2.31. The third kappa shape index (κ3) is 3.31. The number of aromatic nitrogens is 1. The molecule has 122 valence electrons. The van der Waals surface area contributed by atoms with E-state index in [9.17, 15) is 4.79 Å². The number of nitrogens with zero attached hydrogens (tertiary/aromatic N) is 2. The summed E-state index contributed by atoms with van der Waals surface area (Å²) in [7, 11) is 0. The standard InChI is InChI=1S/C18H23N3OS/c1-11-6-7-15(12(2)9-11)17-20-13(3)16(23-17)18(22)21-8-4-5-14(19)10-21/h6-7,9,14H,4-5,8,10,19H2,1-3H3/t14-/m1/s1. The average molecular weight is 329 g/mol. The van der Waals surface area contributed by atoms with Crippen molar-refractivity contribution >= 4 is 17.2 Å². The van der Waals surface area contributed by atoms with E-state index in [4.69, 9.17) is 5.73 Å². The van der Waals surface area contributed by atoms with Gasteiger partial charge in [-0.3, -0.25) is 4.79 Å². The van der Waals surface area contributed by atoms with Gasteiger partial charge in [-0.15, -0.1) is 11.3 Å². The number of rotatable bonds is 2. The molecule has 1 atom stereocenters. The first-order chi connectivity index (χ1) is 11.0. The van der Waals surface area contributed by atoms with E-state index in [1.807, 2.05) is 11.8 Å². The lowest BCUT2D eigenvalue weighted by atomic mass is 10.1. The predicted molar refractivity (Wildman–Crippen MR) is 94.9 cm³/mol. The van der Waals surface area contributed by atoms with E-state index in [2.05, 4.69) is 37.0 Å². The van der Waals surface area contributed by atoms with Crippen molar-refractivity contribution in [2.45, 2.75) is 39.7 Å². The second-order valence-corrected chi connectivity index (χ2v) is 7.40. The summed E-state index contributed by atoms with van der Waals surface area (Å²) in [5.41, 5.74) is 10.4. The molecule has 1 aromatic heterocycles. The Hall–Kier alpha value is -1.72. The number of amides is 1. The Morgan fingerprint density at radius 1 is 1.35 bits per heavy atom. The van der Waals surface area contributed by atoms with Crippen LogP contribution >= 0.6 is 11.3 Å². The molecule has 5 heteroatoms. The maximum atomic E-state index is 12.8. The lowest BCUT2D eigenvalue weighted by Gasteiger charge is -2.30. The fraction of sp³-hybridized carbons (Fsp3) is 0.444. The molecular weight excluding hydrogens is 306 g/mol. The molecule has 2 aromatic rings. The Bertz CT molecular complexity index is 738. The molecule has 4 nitrogen and oxygen atoms in total. The first-order valence-electron chi connectivity index (χ1n) is 8.05. The van der Waals surface area contributed by atoms with Crippen molar-refractivity contribution in [2.24, 2.45) is 5.73 Å². The molecule has 1 saturated heterocycles. The van der Waals surface area contributed by atoms with E-state index in [0.29, 0.717) is 6.54 Å². The summed E-state index contributed by atoms with van der Waals surface area (Å²) in [6, 6.07) is 6.43. The Kier molecular flexibility index (Phi) is 4.50. The van der Waals surface area contributed by atoms with Crippen LogP contribution in [0.3, 0.4) is 0 Å². The maximum absolute atomic E-state index is 12.8. The Morgan fingerprint density at radius 3 is 2.83 bits per heavy atom. The third-order valence-electron chi connectivity index (χ3n) is 4.35. The zero-order valence-electron chi connectivity index (χ0n) is 13.9. The lowest BCUT2D eigenvalue weighted by molar-refractivity contribution is 0.0713. The number of piperidine rings is 1. The average Bonchev–Trinajstić information content (AvgIpc) is 2.88. The summed E-state index contributed by atoms with van der Waals surface area (Å²) in [6.45, 7) is 7.53. The van der Waals surface area contributed by atoms with Crippen molar-refractivity contribution in [1.29, 1.82) is 0 Å². The molecule has 0 spiro atoms. The van der Waals surface area contributed by atoms with E-state index in [1.54, 1.807) is 0 Å². The number of carbonyl (C=O) groups is 1. The van der Waals surface area contributed by atoms with Crippen LogP contribution in [0.1, 0.15) is 39.3 Å². The SMILES string of the molecule is Cc1ccc(-c2nc(C)c(C(=O)N3CCC[C@@H](N)C3)s2)c(C)c1. The molecule has 1 aliphatic rings. The highest BCUT2D eigenvalue weighted by molar-refractivity contribution is 7.17. The number of aryl methyl sites for hydroxylation is 3.